The van der Waals surface area contributed by atoms with Crippen LogP contribution >= 0.6 is 34.8 Å². The van der Waals surface area contributed by atoms with E-state index < -0.39 is 0 Å². The van der Waals surface area contributed by atoms with Crippen molar-refractivity contribution in [2.75, 3.05) is 6.54 Å². The summed E-state index contributed by atoms with van der Waals surface area (Å²) in [6.07, 6.45) is 0.909. The van der Waals surface area contributed by atoms with Crippen molar-refractivity contribution in [2.24, 2.45) is 0 Å². The van der Waals surface area contributed by atoms with Crippen LogP contribution in [0.25, 0.3) is 0 Å². The summed E-state index contributed by atoms with van der Waals surface area (Å²) in [7, 11) is 0. The molecule has 0 saturated heterocycles. The first-order valence-corrected chi connectivity index (χ1v) is 7.69. The van der Waals surface area contributed by atoms with Crippen LogP contribution in [0.3, 0.4) is 0 Å². The van der Waals surface area contributed by atoms with E-state index in [-0.39, 0.29) is 18.0 Å². The summed E-state index contributed by atoms with van der Waals surface area (Å²) in [5.74, 6) is -0.0325. The number of halogens is 3. The molecule has 0 heterocycles. The van der Waals surface area contributed by atoms with Gasteiger partial charge in [0.2, 0.25) is 5.91 Å². The highest BCUT2D eigenvalue weighted by Gasteiger charge is 2.19. The Labute approximate surface area is 135 Å². The highest BCUT2D eigenvalue weighted by atomic mass is 35.5. The maximum absolute atomic E-state index is 11.8. The van der Waals surface area contributed by atoms with E-state index in [0.717, 1.165) is 12.0 Å². The zero-order chi connectivity index (χ0) is 15.3. The van der Waals surface area contributed by atoms with Crippen LogP contribution in [0.4, 0.5) is 0 Å². The molecule has 112 valence electrons. The molecule has 0 bridgehead atoms. The normalized spacial score (nSPS) is 13.9. The van der Waals surface area contributed by atoms with Crippen LogP contribution in [0.1, 0.15) is 38.8 Å². The average molecular weight is 338 g/mol. The summed E-state index contributed by atoms with van der Waals surface area (Å²) in [5.41, 5.74) is 0.816. The van der Waals surface area contributed by atoms with Crippen molar-refractivity contribution < 1.29 is 4.79 Å². The molecule has 3 nitrogen and oxygen atoms in total. The summed E-state index contributed by atoms with van der Waals surface area (Å²) in [4.78, 5) is 11.8. The van der Waals surface area contributed by atoms with Crippen LogP contribution < -0.4 is 10.6 Å². The van der Waals surface area contributed by atoms with Crippen molar-refractivity contribution in [3.8, 4) is 0 Å². The molecule has 2 N–H and O–H groups in total. The largest absolute Gasteiger partial charge is 0.355 e. The second kappa shape index (κ2) is 8.08. The Morgan fingerprint density at radius 3 is 2.45 bits per heavy atom. The maximum atomic E-state index is 11.8. The number of nitrogens with one attached hydrogen (secondary N) is 2. The molecule has 0 fully saturated rings. The van der Waals surface area contributed by atoms with E-state index >= 15 is 0 Å². The lowest BCUT2D eigenvalue weighted by Gasteiger charge is -2.21. The van der Waals surface area contributed by atoms with Gasteiger partial charge < -0.3 is 5.32 Å². The molecule has 20 heavy (non-hydrogen) atoms. The van der Waals surface area contributed by atoms with Gasteiger partial charge in [-0.2, -0.15) is 0 Å². The van der Waals surface area contributed by atoms with E-state index in [1.165, 1.54) is 0 Å². The lowest BCUT2D eigenvalue weighted by molar-refractivity contribution is -0.122. The Morgan fingerprint density at radius 1 is 1.20 bits per heavy atom. The second-order valence-corrected chi connectivity index (χ2v) is 5.83. The topological polar surface area (TPSA) is 41.1 Å². The number of carbonyl (C=O) groups excluding carboxylic acids is 1. The predicted molar refractivity (Wildman–Crippen MR) is 85.8 cm³/mol. The molecule has 0 aromatic heterocycles. The predicted octanol–water partition coefficient (Wildman–Crippen LogP) is 4.21. The molecule has 0 radical (unpaired) electrons. The number of hydrogen-bond acceptors (Lipinski definition) is 2. The molecule has 1 aromatic carbocycles. The van der Waals surface area contributed by atoms with E-state index in [9.17, 15) is 4.79 Å². The van der Waals surface area contributed by atoms with E-state index in [1.54, 1.807) is 6.07 Å². The van der Waals surface area contributed by atoms with Gasteiger partial charge in [-0.1, -0.05) is 47.8 Å². The van der Waals surface area contributed by atoms with Gasteiger partial charge in [0.15, 0.2) is 0 Å². The fourth-order valence-corrected chi connectivity index (χ4v) is 2.52. The van der Waals surface area contributed by atoms with Crippen LogP contribution in [0.15, 0.2) is 12.1 Å². The quantitative estimate of drug-likeness (QED) is 0.763. The van der Waals surface area contributed by atoms with Crippen molar-refractivity contribution in [1.29, 1.82) is 0 Å². The summed E-state index contributed by atoms with van der Waals surface area (Å²) in [5, 5.41) is 7.21. The maximum Gasteiger partial charge on any atom is 0.236 e. The summed E-state index contributed by atoms with van der Waals surface area (Å²) in [6.45, 7) is 6.42. The molecule has 1 amide bonds. The van der Waals surface area contributed by atoms with Gasteiger partial charge >= 0.3 is 0 Å². The summed E-state index contributed by atoms with van der Waals surface area (Å²) >= 11 is 18.1. The van der Waals surface area contributed by atoms with Gasteiger partial charge in [0, 0.05) is 12.6 Å². The lowest BCUT2D eigenvalue weighted by atomic mass is 10.1. The van der Waals surface area contributed by atoms with E-state index in [4.69, 9.17) is 34.8 Å². The van der Waals surface area contributed by atoms with E-state index in [1.807, 2.05) is 26.8 Å². The third-order valence-electron chi connectivity index (χ3n) is 2.97. The molecule has 0 saturated carbocycles. The fraction of sp³-hybridized carbons (Fsp3) is 0.500. The van der Waals surface area contributed by atoms with Crippen molar-refractivity contribution in [3.63, 3.8) is 0 Å². The van der Waals surface area contributed by atoms with Crippen molar-refractivity contribution >= 4 is 40.7 Å². The van der Waals surface area contributed by atoms with Crippen LogP contribution in [0.5, 0.6) is 0 Å². The first-order valence-electron chi connectivity index (χ1n) is 6.55. The van der Waals surface area contributed by atoms with E-state index in [0.29, 0.717) is 21.6 Å². The molecular weight excluding hydrogens is 319 g/mol. The molecule has 1 rings (SSSR count). The third-order valence-corrected chi connectivity index (χ3v) is 4.28. The van der Waals surface area contributed by atoms with Gasteiger partial charge in [-0.25, -0.2) is 0 Å². The van der Waals surface area contributed by atoms with Crippen molar-refractivity contribution in [2.45, 2.75) is 39.3 Å². The van der Waals surface area contributed by atoms with Crippen molar-refractivity contribution in [3.05, 3.63) is 32.8 Å². The molecule has 0 spiro atoms. The number of rotatable bonds is 6. The second-order valence-electron chi connectivity index (χ2n) is 4.67. The van der Waals surface area contributed by atoms with Crippen LogP contribution in [-0.2, 0) is 4.79 Å². The molecule has 2 unspecified atom stereocenters. The number of benzene rings is 1. The summed E-state index contributed by atoms with van der Waals surface area (Å²) < 4.78 is 0. The van der Waals surface area contributed by atoms with Gasteiger partial charge in [0.05, 0.1) is 21.1 Å². The van der Waals surface area contributed by atoms with Gasteiger partial charge in [0.25, 0.3) is 0 Å². The van der Waals surface area contributed by atoms with Crippen LogP contribution in [0.2, 0.25) is 15.1 Å². The molecule has 6 heteroatoms. The highest BCUT2D eigenvalue weighted by molar-refractivity contribution is 6.48. The minimum atomic E-state index is -0.318. The Morgan fingerprint density at radius 2 is 1.85 bits per heavy atom. The highest BCUT2D eigenvalue weighted by Crippen LogP contribution is 2.35. The number of carbonyl (C=O) groups is 1. The van der Waals surface area contributed by atoms with Gasteiger partial charge in [-0.3, -0.25) is 10.1 Å². The molecular formula is C14H19Cl3N2O. The first kappa shape index (κ1) is 17.6. The van der Waals surface area contributed by atoms with E-state index in [2.05, 4.69) is 10.6 Å². The average Bonchev–Trinajstić information content (AvgIpc) is 2.41. The van der Waals surface area contributed by atoms with Gasteiger partial charge in [-0.15, -0.1) is 0 Å². The lowest BCUT2D eigenvalue weighted by Crippen LogP contribution is -2.43. The first-order chi connectivity index (χ1) is 9.38. The number of hydrogen-bond donors (Lipinski definition) is 2. The number of amides is 1. The van der Waals surface area contributed by atoms with Gasteiger partial charge in [-0.05, 0) is 31.9 Å². The smallest absolute Gasteiger partial charge is 0.236 e. The monoisotopic (exact) mass is 336 g/mol. The Kier molecular flexibility index (Phi) is 7.10. The standard InChI is InChI=1S/C14H19Cl3N2O/c1-4-7-18-14(20)9(3)19-8(2)10-5-6-11(15)13(17)12(10)16/h5-6,8-9,19H,4,7H2,1-3H3,(H,18,20). The van der Waals surface area contributed by atoms with Crippen LogP contribution in [-0.4, -0.2) is 18.5 Å². The van der Waals surface area contributed by atoms with Crippen LogP contribution in [0, 0.1) is 0 Å². The Bertz CT molecular complexity index is 480. The van der Waals surface area contributed by atoms with Crippen molar-refractivity contribution in [1.82, 2.24) is 10.6 Å². The SMILES string of the molecule is CCCNC(=O)C(C)NC(C)c1ccc(Cl)c(Cl)c1Cl. The third kappa shape index (κ3) is 4.52. The molecule has 0 aliphatic heterocycles. The zero-order valence-corrected chi connectivity index (χ0v) is 14.0. The fourth-order valence-electron chi connectivity index (χ4n) is 1.82. The summed E-state index contributed by atoms with van der Waals surface area (Å²) in [6, 6.07) is 3.08. The molecule has 0 aliphatic rings. The molecule has 1 aromatic rings. The minimum Gasteiger partial charge on any atom is -0.355 e. The Balaban J connectivity index is 2.74. The molecule has 2 atom stereocenters. The van der Waals surface area contributed by atoms with Gasteiger partial charge in [0.1, 0.15) is 0 Å². The zero-order valence-electron chi connectivity index (χ0n) is 11.8. The molecule has 0 aliphatic carbocycles. The minimum absolute atomic E-state index is 0.0325. The Hall–Kier alpha value is -0.480.